The SMILES string of the molecule is CCCNCCCN(C)S(=O)(=O)NCC(C)(C)CC. The number of hydrogen-bond donors (Lipinski definition) is 2. The molecule has 0 saturated heterocycles. The summed E-state index contributed by atoms with van der Waals surface area (Å²) in [6.45, 7) is 11.2. The highest BCUT2D eigenvalue weighted by molar-refractivity contribution is 7.87. The van der Waals surface area contributed by atoms with Crippen LogP contribution in [0.1, 0.15) is 47.0 Å². The molecular formula is C13H31N3O2S. The standard InChI is InChI=1S/C13H31N3O2S/c1-6-9-14-10-8-11-16(5)19(17,18)15-12-13(3,4)7-2/h14-15H,6-12H2,1-5H3. The molecule has 0 aliphatic heterocycles. The van der Waals surface area contributed by atoms with Crippen molar-refractivity contribution in [2.75, 3.05) is 33.2 Å². The molecule has 0 spiro atoms. The Labute approximate surface area is 119 Å². The Bertz CT molecular complexity index is 329. The van der Waals surface area contributed by atoms with Gasteiger partial charge in [0.15, 0.2) is 0 Å². The second-order valence-electron chi connectivity index (χ2n) is 5.77. The molecule has 0 fully saturated rings. The average molecular weight is 293 g/mol. The van der Waals surface area contributed by atoms with E-state index in [1.807, 2.05) is 0 Å². The Morgan fingerprint density at radius 1 is 1.16 bits per heavy atom. The number of nitrogens with one attached hydrogen (secondary N) is 2. The van der Waals surface area contributed by atoms with Crippen molar-refractivity contribution in [2.24, 2.45) is 5.41 Å². The first-order valence-electron chi connectivity index (χ1n) is 7.17. The molecule has 0 rings (SSSR count). The van der Waals surface area contributed by atoms with Crippen LogP contribution in [0.4, 0.5) is 0 Å². The normalized spacial score (nSPS) is 13.2. The van der Waals surface area contributed by atoms with Crippen LogP contribution in [0.15, 0.2) is 0 Å². The summed E-state index contributed by atoms with van der Waals surface area (Å²) in [4.78, 5) is 0. The molecule has 0 amide bonds. The van der Waals surface area contributed by atoms with Crippen LogP contribution in [0.3, 0.4) is 0 Å². The van der Waals surface area contributed by atoms with Crippen molar-refractivity contribution < 1.29 is 8.42 Å². The molecule has 0 aliphatic carbocycles. The lowest BCUT2D eigenvalue weighted by molar-refractivity contribution is 0.343. The molecule has 6 heteroatoms. The van der Waals surface area contributed by atoms with Gasteiger partial charge in [0.1, 0.15) is 0 Å². The van der Waals surface area contributed by atoms with Gasteiger partial charge in [-0.05, 0) is 37.8 Å². The maximum atomic E-state index is 12.0. The first-order valence-corrected chi connectivity index (χ1v) is 8.61. The minimum absolute atomic E-state index is 0.00338. The van der Waals surface area contributed by atoms with Gasteiger partial charge in [-0.15, -0.1) is 0 Å². The molecule has 0 aliphatic rings. The van der Waals surface area contributed by atoms with Crippen molar-refractivity contribution in [1.29, 1.82) is 0 Å². The van der Waals surface area contributed by atoms with Crippen LogP contribution >= 0.6 is 0 Å². The van der Waals surface area contributed by atoms with Crippen LogP contribution in [0.5, 0.6) is 0 Å². The van der Waals surface area contributed by atoms with Gasteiger partial charge in [-0.3, -0.25) is 0 Å². The summed E-state index contributed by atoms with van der Waals surface area (Å²) >= 11 is 0. The summed E-state index contributed by atoms with van der Waals surface area (Å²) in [5.74, 6) is 0. The zero-order valence-electron chi connectivity index (χ0n) is 13.1. The Kier molecular flexibility index (Phi) is 8.81. The fraction of sp³-hybridized carbons (Fsp3) is 1.00. The van der Waals surface area contributed by atoms with Crippen molar-refractivity contribution in [3.8, 4) is 0 Å². The Morgan fingerprint density at radius 3 is 2.32 bits per heavy atom. The van der Waals surface area contributed by atoms with Gasteiger partial charge < -0.3 is 5.32 Å². The van der Waals surface area contributed by atoms with E-state index >= 15 is 0 Å². The third-order valence-electron chi connectivity index (χ3n) is 3.35. The van der Waals surface area contributed by atoms with Crippen LogP contribution in [0, 0.1) is 5.41 Å². The van der Waals surface area contributed by atoms with Gasteiger partial charge in [-0.25, -0.2) is 4.72 Å². The van der Waals surface area contributed by atoms with E-state index in [4.69, 9.17) is 0 Å². The summed E-state index contributed by atoms with van der Waals surface area (Å²) in [7, 11) is -1.71. The molecule has 0 unspecified atom stereocenters. The van der Waals surface area contributed by atoms with E-state index in [1.54, 1.807) is 7.05 Å². The molecule has 0 aromatic rings. The minimum Gasteiger partial charge on any atom is -0.317 e. The lowest BCUT2D eigenvalue weighted by Crippen LogP contribution is -2.43. The van der Waals surface area contributed by atoms with Crippen LogP contribution in [-0.2, 0) is 10.2 Å². The molecular weight excluding hydrogens is 262 g/mol. The quantitative estimate of drug-likeness (QED) is 0.569. The van der Waals surface area contributed by atoms with Crippen molar-refractivity contribution in [3.63, 3.8) is 0 Å². The van der Waals surface area contributed by atoms with Gasteiger partial charge in [-0.2, -0.15) is 12.7 Å². The first-order chi connectivity index (χ1) is 8.75. The fourth-order valence-corrected chi connectivity index (χ4v) is 2.53. The number of hydrogen-bond acceptors (Lipinski definition) is 3. The molecule has 2 N–H and O–H groups in total. The molecule has 116 valence electrons. The van der Waals surface area contributed by atoms with E-state index in [0.717, 1.165) is 32.4 Å². The van der Waals surface area contributed by atoms with Crippen molar-refractivity contribution >= 4 is 10.2 Å². The zero-order valence-corrected chi connectivity index (χ0v) is 13.9. The predicted molar refractivity (Wildman–Crippen MR) is 81.4 cm³/mol. The summed E-state index contributed by atoms with van der Waals surface area (Å²) in [5, 5.41) is 3.27. The molecule has 0 atom stereocenters. The van der Waals surface area contributed by atoms with E-state index in [-0.39, 0.29) is 5.41 Å². The Hall–Kier alpha value is -0.170. The van der Waals surface area contributed by atoms with Crippen LogP contribution < -0.4 is 10.0 Å². The summed E-state index contributed by atoms with van der Waals surface area (Å²) in [6.07, 6.45) is 2.87. The molecule has 0 saturated carbocycles. The van der Waals surface area contributed by atoms with Crippen LogP contribution in [-0.4, -0.2) is 45.9 Å². The molecule has 5 nitrogen and oxygen atoms in total. The fourth-order valence-electron chi connectivity index (χ4n) is 1.37. The predicted octanol–water partition coefficient (Wildman–Crippen LogP) is 1.58. The van der Waals surface area contributed by atoms with Gasteiger partial charge in [0.2, 0.25) is 0 Å². The third kappa shape index (κ3) is 8.57. The van der Waals surface area contributed by atoms with Gasteiger partial charge in [0.25, 0.3) is 10.2 Å². The molecule has 0 radical (unpaired) electrons. The van der Waals surface area contributed by atoms with E-state index in [1.165, 1.54) is 4.31 Å². The first kappa shape index (κ1) is 18.8. The second kappa shape index (κ2) is 8.89. The van der Waals surface area contributed by atoms with Crippen molar-refractivity contribution in [2.45, 2.75) is 47.0 Å². The maximum absolute atomic E-state index is 12.0. The summed E-state index contributed by atoms with van der Waals surface area (Å²) in [5.41, 5.74) is -0.00338. The van der Waals surface area contributed by atoms with E-state index in [2.05, 4.69) is 37.7 Å². The second-order valence-corrected chi connectivity index (χ2v) is 7.63. The summed E-state index contributed by atoms with van der Waals surface area (Å²) < 4.78 is 28.1. The third-order valence-corrected chi connectivity index (χ3v) is 4.87. The van der Waals surface area contributed by atoms with Gasteiger partial charge >= 0.3 is 0 Å². The highest BCUT2D eigenvalue weighted by Gasteiger charge is 2.22. The number of rotatable bonds is 11. The minimum atomic E-state index is -3.34. The van der Waals surface area contributed by atoms with E-state index < -0.39 is 10.2 Å². The monoisotopic (exact) mass is 293 g/mol. The van der Waals surface area contributed by atoms with Crippen LogP contribution in [0.2, 0.25) is 0 Å². The topological polar surface area (TPSA) is 61.4 Å². The average Bonchev–Trinajstić information content (AvgIpc) is 2.36. The number of nitrogens with zero attached hydrogens (tertiary/aromatic N) is 1. The zero-order chi connectivity index (χ0) is 14.9. The molecule has 0 aromatic heterocycles. The largest absolute Gasteiger partial charge is 0.317 e. The Morgan fingerprint density at radius 2 is 1.79 bits per heavy atom. The van der Waals surface area contributed by atoms with Gasteiger partial charge in [0.05, 0.1) is 0 Å². The molecule has 0 bridgehead atoms. The van der Waals surface area contributed by atoms with Crippen molar-refractivity contribution in [1.82, 2.24) is 14.3 Å². The Balaban J connectivity index is 4.04. The van der Waals surface area contributed by atoms with Gasteiger partial charge in [-0.1, -0.05) is 27.7 Å². The molecule has 0 heterocycles. The maximum Gasteiger partial charge on any atom is 0.279 e. The lowest BCUT2D eigenvalue weighted by atomic mass is 9.91. The lowest BCUT2D eigenvalue weighted by Gasteiger charge is -2.25. The molecule has 19 heavy (non-hydrogen) atoms. The molecule has 0 aromatic carbocycles. The summed E-state index contributed by atoms with van der Waals surface area (Å²) in [6, 6.07) is 0. The smallest absolute Gasteiger partial charge is 0.279 e. The van der Waals surface area contributed by atoms with Crippen LogP contribution in [0.25, 0.3) is 0 Å². The van der Waals surface area contributed by atoms with E-state index in [0.29, 0.717) is 13.1 Å². The van der Waals surface area contributed by atoms with Crippen molar-refractivity contribution in [3.05, 3.63) is 0 Å². The highest BCUT2D eigenvalue weighted by Crippen LogP contribution is 2.18. The van der Waals surface area contributed by atoms with Gasteiger partial charge in [0, 0.05) is 20.1 Å². The highest BCUT2D eigenvalue weighted by atomic mass is 32.2. The van der Waals surface area contributed by atoms with E-state index in [9.17, 15) is 8.42 Å².